The van der Waals surface area contributed by atoms with E-state index in [9.17, 15) is 9.59 Å². The van der Waals surface area contributed by atoms with Gasteiger partial charge in [0.05, 0.1) is 18.8 Å². The molecule has 0 aliphatic carbocycles. The van der Waals surface area contributed by atoms with Crippen LogP contribution < -0.4 is 10.6 Å². The summed E-state index contributed by atoms with van der Waals surface area (Å²) in [6.07, 6.45) is 0. The van der Waals surface area contributed by atoms with E-state index in [1.165, 1.54) is 0 Å². The molecule has 2 heterocycles. The zero-order valence-corrected chi connectivity index (χ0v) is 16.4. The van der Waals surface area contributed by atoms with Crippen molar-refractivity contribution < 1.29 is 23.6 Å². The summed E-state index contributed by atoms with van der Waals surface area (Å²) in [6.45, 7) is 7.28. The molecule has 0 aromatic carbocycles. The van der Waals surface area contributed by atoms with E-state index in [1.807, 2.05) is 0 Å². The summed E-state index contributed by atoms with van der Waals surface area (Å²) in [6, 6.07) is 1.67. The molecule has 0 fully saturated rings. The summed E-state index contributed by atoms with van der Waals surface area (Å²) in [5.41, 5.74) is 0.731. The van der Waals surface area contributed by atoms with Crippen LogP contribution in [0, 0.1) is 13.8 Å². The third-order valence-electron chi connectivity index (χ3n) is 3.18. The quantitative estimate of drug-likeness (QED) is 0.560. The maximum atomic E-state index is 12.3. The van der Waals surface area contributed by atoms with Gasteiger partial charge in [-0.25, -0.2) is 9.59 Å². The summed E-state index contributed by atoms with van der Waals surface area (Å²) >= 11 is 6.32. The van der Waals surface area contributed by atoms with Crippen LogP contribution in [0.3, 0.4) is 0 Å². The van der Waals surface area contributed by atoms with Crippen molar-refractivity contribution in [3.8, 4) is 0 Å². The Morgan fingerprint density at radius 1 is 1.19 bits per heavy atom. The number of hydrogen-bond acceptors (Lipinski definition) is 8. The number of nitrogens with zero attached hydrogens (tertiary/aromatic N) is 1. The predicted octanol–water partition coefficient (Wildman–Crippen LogP) is 3.52. The number of ether oxygens (including phenoxy) is 2. The minimum atomic E-state index is -0.542. The molecule has 10 heteroatoms. The largest absolute Gasteiger partial charge is 0.462 e. The van der Waals surface area contributed by atoms with Crippen LogP contribution in [0.15, 0.2) is 10.6 Å². The second-order valence-electron chi connectivity index (χ2n) is 5.10. The highest BCUT2D eigenvalue weighted by Gasteiger charge is 2.26. The molecule has 0 aliphatic rings. The fraction of sp³-hybridized carbons (Fsp3) is 0.375. The van der Waals surface area contributed by atoms with Crippen LogP contribution in [0.25, 0.3) is 0 Å². The maximum Gasteiger partial charge on any atom is 0.348 e. The normalized spacial score (nSPS) is 10.3. The zero-order valence-electron chi connectivity index (χ0n) is 14.8. The Labute approximate surface area is 159 Å². The standard InChI is InChI=1S/C16H19N3O5S2/c1-5-22-14(20)11-9(4)12(15(21)23-6-2)26-13(11)18-16(25)17-10-7-8(3)24-19-10/h7H,5-6H2,1-4H3,(H2,17,18,19,25). The molecule has 0 bridgehead atoms. The van der Waals surface area contributed by atoms with Gasteiger partial charge in [-0.05, 0) is 45.5 Å². The third kappa shape index (κ3) is 4.58. The lowest BCUT2D eigenvalue weighted by Crippen LogP contribution is -2.20. The first kappa shape index (κ1) is 19.9. The molecule has 0 spiro atoms. The highest BCUT2D eigenvalue weighted by atomic mass is 32.1. The predicted molar refractivity (Wildman–Crippen MR) is 102 cm³/mol. The van der Waals surface area contributed by atoms with Crippen LogP contribution >= 0.6 is 23.6 Å². The van der Waals surface area contributed by atoms with Gasteiger partial charge in [-0.2, -0.15) is 0 Å². The Morgan fingerprint density at radius 3 is 2.42 bits per heavy atom. The van der Waals surface area contributed by atoms with Gasteiger partial charge in [0.25, 0.3) is 0 Å². The van der Waals surface area contributed by atoms with Gasteiger partial charge in [0.2, 0.25) is 0 Å². The maximum absolute atomic E-state index is 12.3. The molecule has 0 atom stereocenters. The first-order valence-corrected chi connectivity index (χ1v) is 9.08. The van der Waals surface area contributed by atoms with Gasteiger partial charge >= 0.3 is 11.9 Å². The van der Waals surface area contributed by atoms with E-state index >= 15 is 0 Å². The number of thiophene rings is 1. The van der Waals surface area contributed by atoms with Gasteiger partial charge in [0, 0.05) is 6.07 Å². The smallest absolute Gasteiger partial charge is 0.348 e. The van der Waals surface area contributed by atoms with Crippen LogP contribution in [-0.4, -0.2) is 35.4 Å². The monoisotopic (exact) mass is 397 g/mol. The van der Waals surface area contributed by atoms with Crippen LogP contribution in [-0.2, 0) is 9.47 Å². The van der Waals surface area contributed by atoms with E-state index in [0.29, 0.717) is 27.0 Å². The number of esters is 2. The fourth-order valence-corrected chi connectivity index (χ4v) is 3.48. The molecule has 2 aromatic heterocycles. The van der Waals surface area contributed by atoms with Gasteiger partial charge in [-0.1, -0.05) is 5.16 Å². The minimum absolute atomic E-state index is 0.195. The van der Waals surface area contributed by atoms with Crippen molar-refractivity contribution in [1.29, 1.82) is 0 Å². The van der Waals surface area contributed by atoms with Crippen molar-refractivity contribution in [3.05, 3.63) is 27.8 Å². The van der Waals surface area contributed by atoms with E-state index in [0.717, 1.165) is 11.3 Å². The molecule has 0 amide bonds. The van der Waals surface area contributed by atoms with E-state index in [-0.39, 0.29) is 23.9 Å². The number of thiocarbonyl (C=S) groups is 1. The molecule has 26 heavy (non-hydrogen) atoms. The van der Waals surface area contributed by atoms with Gasteiger partial charge in [-0.3, -0.25) is 0 Å². The summed E-state index contributed by atoms with van der Waals surface area (Å²) in [4.78, 5) is 24.8. The molecule has 0 aliphatic heterocycles. The molecule has 0 saturated heterocycles. The number of anilines is 2. The van der Waals surface area contributed by atoms with Gasteiger partial charge in [-0.15, -0.1) is 11.3 Å². The fourth-order valence-electron chi connectivity index (χ4n) is 2.12. The van der Waals surface area contributed by atoms with Crippen molar-refractivity contribution >= 4 is 51.4 Å². The molecule has 140 valence electrons. The summed E-state index contributed by atoms with van der Waals surface area (Å²) in [7, 11) is 0. The Hall–Kier alpha value is -2.46. The van der Waals surface area contributed by atoms with Crippen LogP contribution in [0.1, 0.15) is 45.2 Å². The Bertz CT molecular complexity index is 828. The SMILES string of the molecule is CCOC(=O)c1sc(NC(=S)Nc2cc(C)on2)c(C(=O)OCC)c1C. The van der Waals surface area contributed by atoms with Crippen LogP contribution in [0.4, 0.5) is 10.8 Å². The lowest BCUT2D eigenvalue weighted by Gasteiger charge is -2.09. The van der Waals surface area contributed by atoms with Crippen molar-refractivity contribution in [1.82, 2.24) is 5.16 Å². The number of aromatic nitrogens is 1. The molecule has 0 saturated carbocycles. The molecule has 0 radical (unpaired) electrons. The number of rotatable bonds is 6. The van der Waals surface area contributed by atoms with E-state index < -0.39 is 11.9 Å². The summed E-state index contributed by atoms with van der Waals surface area (Å²) in [5, 5.41) is 10.1. The Balaban J connectivity index is 2.29. The number of carbonyl (C=O) groups is 2. The molecular weight excluding hydrogens is 378 g/mol. The van der Waals surface area contributed by atoms with Gasteiger partial charge in [0.1, 0.15) is 15.6 Å². The highest BCUT2D eigenvalue weighted by molar-refractivity contribution is 7.80. The number of aryl methyl sites for hydroxylation is 1. The lowest BCUT2D eigenvalue weighted by atomic mass is 10.1. The van der Waals surface area contributed by atoms with Crippen molar-refractivity contribution in [3.63, 3.8) is 0 Å². The molecule has 0 unspecified atom stereocenters. The Kier molecular flexibility index (Phi) is 6.70. The first-order chi connectivity index (χ1) is 12.4. The second-order valence-corrected chi connectivity index (χ2v) is 6.53. The van der Waals surface area contributed by atoms with E-state index in [1.54, 1.807) is 33.8 Å². The molecule has 2 rings (SSSR count). The van der Waals surface area contributed by atoms with Gasteiger partial charge in [0.15, 0.2) is 10.9 Å². The second kappa shape index (κ2) is 8.77. The average Bonchev–Trinajstić information content (AvgIpc) is 3.11. The topological polar surface area (TPSA) is 103 Å². The first-order valence-electron chi connectivity index (χ1n) is 7.86. The number of hydrogen-bond donors (Lipinski definition) is 2. The molecule has 8 nitrogen and oxygen atoms in total. The zero-order chi connectivity index (χ0) is 19.3. The van der Waals surface area contributed by atoms with Crippen molar-refractivity contribution in [2.75, 3.05) is 23.8 Å². The third-order valence-corrected chi connectivity index (χ3v) is 4.58. The van der Waals surface area contributed by atoms with Crippen molar-refractivity contribution in [2.45, 2.75) is 27.7 Å². The number of carbonyl (C=O) groups excluding carboxylic acids is 2. The van der Waals surface area contributed by atoms with Crippen LogP contribution in [0.2, 0.25) is 0 Å². The van der Waals surface area contributed by atoms with Gasteiger partial charge < -0.3 is 24.6 Å². The average molecular weight is 397 g/mol. The van der Waals surface area contributed by atoms with E-state index in [2.05, 4.69) is 15.8 Å². The van der Waals surface area contributed by atoms with Crippen LogP contribution in [0.5, 0.6) is 0 Å². The molecule has 2 aromatic rings. The summed E-state index contributed by atoms with van der Waals surface area (Å²) in [5.74, 6) is 0.00892. The van der Waals surface area contributed by atoms with E-state index in [4.69, 9.17) is 26.2 Å². The molecular formula is C16H19N3O5S2. The highest BCUT2D eigenvalue weighted by Crippen LogP contribution is 2.34. The molecule has 2 N–H and O–H groups in total. The lowest BCUT2D eigenvalue weighted by molar-refractivity contribution is 0.0527. The Morgan fingerprint density at radius 2 is 1.85 bits per heavy atom. The summed E-state index contributed by atoms with van der Waals surface area (Å²) < 4.78 is 15.1. The number of nitrogens with one attached hydrogen (secondary N) is 2. The van der Waals surface area contributed by atoms with Crippen molar-refractivity contribution in [2.24, 2.45) is 0 Å². The minimum Gasteiger partial charge on any atom is -0.462 e.